The van der Waals surface area contributed by atoms with Gasteiger partial charge in [0.05, 0.1) is 6.61 Å². The molecule has 4 aliphatic rings. The van der Waals surface area contributed by atoms with Gasteiger partial charge >= 0.3 is 0 Å². The smallest absolute Gasteiger partial charge is 0.224 e. The molecule has 0 saturated carbocycles. The molecule has 0 aromatic heterocycles. The molecule has 4 aliphatic heterocycles. The van der Waals surface area contributed by atoms with E-state index < -0.39 is 85.9 Å². The second kappa shape index (κ2) is 7.79. The number of hydrogen-bond acceptors (Lipinski definition) is 14. The molecular formula is C16H26O14. The van der Waals surface area contributed by atoms with Gasteiger partial charge in [-0.25, -0.2) is 0 Å². The largest absolute Gasteiger partial charge is 0.387 e. The van der Waals surface area contributed by atoms with Crippen LogP contribution in [0.15, 0.2) is 0 Å². The van der Waals surface area contributed by atoms with Crippen LogP contribution in [0, 0.1) is 0 Å². The Labute approximate surface area is 169 Å². The van der Waals surface area contributed by atoms with Gasteiger partial charge in [0.25, 0.3) is 0 Å². The molecule has 14 heteroatoms. The molecule has 0 aromatic rings. The third-order valence-corrected chi connectivity index (χ3v) is 5.84. The number of hydrogen-bond donors (Lipinski definition) is 8. The van der Waals surface area contributed by atoms with Crippen LogP contribution in [-0.4, -0.2) is 133 Å². The van der Waals surface area contributed by atoms with E-state index in [1.165, 1.54) is 6.92 Å². The average molecular weight is 442 g/mol. The van der Waals surface area contributed by atoms with E-state index in [1.807, 2.05) is 0 Å². The molecule has 4 bridgehead atoms. The van der Waals surface area contributed by atoms with Crippen LogP contribution >= 0.6 is 0 Å². The lowest BCUT2D eigenvalue weighted by Crippen LogP contribution is -2.62. The van der Waals surface area contributed by atoms with E-state index in [4.69, 9.17) is 28.4 Å². The summed E-state index contributed by atoms with van der Waals surface area (Å²) in [5.41, 5.74) is 0. The summed E-state index contributed by atoms with van der Waals surface area (Å²) < 4.78 is 32.4. The summed E-state index contributed by atoms with van der Waals surface area (Å²) in [6.07, 6.45) is -18.2. The van der Waals surface area contributed by atoms with E-state index in [-0.39, 0.29) is 6.61 Å². The maximum absolute atomic E-state index is 10.6. The van der Waals surface area contributed by atoms with Crippen molar-refractivity contribution in [1.29, 1.82) is 0 Å². The van der Waals surface area contributed by atoms with Gasteiger partial charge in [-0.1, -0.05) is 0 Å². The highest BCUT2D eigenvalue weighted by Gasteiger charge is 2.62. The van der Waals surface area contributed by atoms with Crippen molar-refractivity contribution in [1.82, 2.24) is 0 Å². The highest BCUT2D eigenvalue weighted by Crippen LogP contribution is 2.41. The van der Waals surface area contributed by atoms with Crippen molar-refractivity contribution >= 4 is 0 Å². The Bertz CT molecular complexity index is 637. The van der Waals surface area contributed by atoms with Crippen LogP contribution in [0.2, 0.25) is 0 Å². The predicted octanol–water partition coefficient (Wildman–Crippen LogP) is -5.58. The van der Waals surface area contributed by atoms with Crippen molar-refractivity contribution in [2.45, 2.75) is 86.2 Å². The van der Waals surface area contributed by atoms with E-state index >= 15 is 0 Å². The van der Waals surface area contributed by atoms with E-state index in [0.29, 0.717) is 0 Å². The molecule has 8 N–H and O–H groups in total. The Morgan fingerprint density at radius 1 is 0.800 bits per heavy atom. The fourth-order valence-electron chi connectivity index (χ4n) is 3.88. The number of fused-ring (bicyclic) bond motifs is 4. The molecule has 30 heavy (non-hydrogen) atoms. The zero-order valence-electron chi connectivity index (χ0n) is 15.8. The van der Waals surface area contributed by atoms with Gasteiger partial charge in [-0.2, -0.15) is 0 Å². The summed E-state index contributed by atoms with van der Waals surface area (Å²) >= 11 is 0. The summed E-state index contributed by atoms with van der Waals surface area (Å²) in [5.74, 6) is -4.04. The van der Waals surface area contributed by atoms with Gasteiger partial charge in [-0.15, -0.1) is 0 Å². The molecule has 174 valence electrons. The van der Waals surface area contributed by atoms with E-state index in [2.05, 4.69) is 0 Å². The molecule has 0 spiro atoms. The standard InChI is InChI=1S/C16H26O14/c1-15-10(22)9(21)13(29-15)25-2-4-5(17)11(23)16(28-4,3-26-15)30-14-8(20)6(18)7(19)12(24)27-14/h4-14,17-24H,2-3H2,1H3/t4?,5?,6?,7?,8?,9?,10?,11?,12?,13?,14?,15-,16+/m1/s1. The first-order chi connectivity index (χ1) is 14.0. The van der Waals surface area contributed by atoms with Gasteiger partial charge in [0.1, 0.15) is 55.4 Å². The molecule has 4 heterocycles. The lowest BCUT2D eigenvalue weighted by atomic mass is 10.0. The molecule has 0 amide bonds. The number of aliphatic hydroxyl groups excluding tert-OH is 8. The Morgan fingerprint density at radius 3 is 2.20 bits per heavy atom. The van der Waals surface area contributed by atoms with Gasteiger partial charge in [0, 0.05) is 0 Å². The Morgan fingerprint density at radius 2 is 1.50 bits per heavy atom. The molecule has 4 saturated heterocycles. The normalized spacial score (nSPS) is 59.3. The second-order valence-corrected chi connectivity index (χ2v) is 7.95. The zero-order chi connectivity index (χ0) is 22.0. The maximum Gasteiger partial charge on any atom is 0.224 e. The average Bonchev–Trinajstić information content (AvgIpc) is 3.07. The first-order valence-electron chi connectivity index (χ1n) is 9.38. The summed E-state index contributed by atoms with van der Waals surface area (Å²) in [7, 11) is 0. The van der Waals surface area contributed by atoms with Crippen LogP contribution < -0.4 is 0 Å². The number of aliphatic hydroxyl groups is 8. The highest BCUT2D eigenvalue weighted by molar-refractivity contribution is 5.01. The van der Waals surface area contributed by atoms with E-state index in [9.17, 15) is 40.9 Å². The second-order valence-electron chi connectivity index (χ2n) is 7.95. The first kappa shape index (κ1) is 22.6. The summed E-state index contributed by atoms with van der Waals surface area (Å²) in [4.78, 5) is 0. The summed E-state index contributed by atoms with van der Waals surface area (Å²) in [6.45, 7) is 0.215. The quantitative estimate of drug-likeness (QED) is 0.200. The SMILES string of the molecule is C[C@@]12OC[C@@]3(OC4OC(O)C(O)C(O)C4O)OC(COC(O1)C(O)C2O)C(O)C3O. The highest BCUT2D eigenvalue weighted by atomic mass is 16.9. The van der Waals surface area contributed by atoms with E-state index in [1.54, 1.807) is 0 Å². The van der Waals surface area contributed by atoms with Crippen LogP contribution in [0.25, 0.3) is 0 Å². The third kappa shape index (κ3) is 3.46. The lowest BCUT2D eigenvalue weighted by Gasteiger charge is -2.43. The Kier molecular flexibility index (Phi) is 5.87. The molecule has 0 aliphatic carbocycles. The fraction of sp³-hybridized carbons (Fsp3) is 1.00. The summed E-state index contributed by atoms with van der Waals surface area (Å²) in [5, 5.41) is 80.7. The minimum absolute atomic E-state index is 0.383. The molecule has 14 nitrogen and oxygen atoms in total. The first-order valence-corrected chi connectivity index (χ1v) is 9.38. The lowest BCUT2D eigenvalue weighted by molar-refractivity contribution is -0.416. The maximum atomic E-state index is 10.6. The van der Waals surface area contributed by atoms with Crippen molar-refractivity contribution in [3.63, 3.8) is 0 Å². The Balaban J connectivity index is 1.61. The molecule has 0 aromatic carbocycles. The molecular weight excluding hydrogens is 416 g/mol. The molecule has 4 rings (SSSR count). The number of rotatable bonds is 2. The van der Waals surface area contributed by atoms with E-state index in [0.717, 1.165) is 0 Å². The molecule has 13 atom stereocenters. The number of ether oxygens (including phenoxy) is 6. The monoisotopic (exact) mass is 442 g/mol. The van der Waals surface area contributed by atoms with Crippen LogP contribution in [-0.2, 0) is 28.4 Å². The van der Waals surface area contributed by atoms with Crippen molar-refractivity contribution in [3.8, 4) is 0 Å². The van der Waals surface area contributed by atoms with Crippen LogP contribution in [0.3, 0.4) is 0 Å². The van der Waals surface area contributed by atoms with Crippen LogP contribution in [0.5, 0.6) is 0 Å². The van der Waals surface area contributed by atoms with Crippen molar-refractivity contribution in [2.75, 3.05) is 13.2 Å². The minimum Gasteiger partial charge on any atom is -0.387 e. The predicted molar refractivity (Wildman–Crippen MR) is 86.8 cm³/mol. The van der Waals surface area contributed by atoms with Crippen molar-refractivity contribution in [2.24, 2.45) is 0 Å². The van der Waals surface area contributed by atoms with Gasteiger partial charge in [0.15, 0.2) is 24.7 Å². The van der Waals surface area contributed by atoms with Gasteiger partial charge < -0.3 is 69.3 Å². The third-order valence-electron chi connectivity index (χ3n) is 5.84. The van der Waals surface area contributed by atoms with Crippen LogP contribution in [0.4, 0.5) is 0 Å². The minimum atomic E-state index is -2.23. The van der Waals surface area contributed by atoms with Gasteiger partial charge in [-0.3, -0.25) is 0 Å². The zero-order valence-corrected chi connectivity index (χ0v) is 15.8. The topological polar surface area (TPSA) is 217 Å². The van der Waals surface area contributed by atoms with Crippen LogP contribution in [0.1, 0.15) is 6.92 Å². The molecule has 0 radical (unpaired) electrons. The van der Waals surface area contributed by atoms with Gasteiger partial charge in [0.2, 0.25) is 5.79 Å². The Hall–Kier alpha value is -0.560. The summed E-state index contributed by atoms with van der Waals surface area (Å²) in [6, 6.07) is 0. The fourth-order valence-corrected chi connectivity index (χ4v) is 3.88. The molecule has 4 fully saturated rings. The van der Waals surface area contributed by atoms with Gasteiger partial charge in [-0.05, 0) is 6.92 Å². The van der Waals surface area contributed by atoms with Crippen molar-refractivity contribution in [3.05, 3.63) is 0 Å². The van der Waals surface area contributed by atoms with Crippen molar-refractivity contribution < 1.29 is 69.3 Å². The molecule has 11 unspecified atom stereocenters.